The largest absolute Gasteiger partial charge is 0.495 e. The van der Waals surface area contributed by atoms with Gasteiger partial charge in [-0.2, -0.15) is 0 Å². The molecule has 1 fully saturated rings. The topological polar surface area (TPSA) is 89.5 Å². The van der Waals surface area contributed by atoms with Crippen LogP contribution in [0, 0.1) is 5.92 Å². The summed E-state index contributed by atoms with van der Waals surface area (Å²) in [5.41, 5.74) is 2.40. The normalized spacial score (nSPS) is 14.8. The summed E-state index contributed by atoms with van der Waals surface area (Å²) in [6.07, 6.45) is 5.31. The van der Waals surface area contributed by atoms with E-state index in [9.17, 15) is 9.90 Å². The van der Waals surface area contributed by atoms with Crippen molar-refractivity contribution < 1.29 is 28.8 Å². The number of methoxy groups -OCH3 is 4. The molecule has 1 aliphatic heterocycles. The number of nitrogens with zero attached hydrogens (tertiary/aromatic N) is 1. The van der Waals surface area contributed by atoms with Gasteiger partial charge < -0.3 is 29.4 Å². The van der Waals surface area contributed by atoms with E-state index in [0.717, 1.165) is 24.0 Å². The first-order valence-electron chi connectivity index (χ1n) is 10.8. The van der Waals surface area contributed by atoms with Crippen molar-refractivity contribution in [2.75, 3.05) is 53.6 Å². The number of nitrogens with one attached hydrogen (secondary N) is 1. The molecule has 178 valence electrons. The quantitative estimate of drug-likeness (QED) is 0.558. The fourth-order valence-corrected chi connectivity index (χ4v) is 3.89. The lowest BCUT2D eigenvalue weighted by Gasteiger charge is -2.29. The Morgan fingerprint density at radius 1 is 0.939 bits per heavy atom. The molecule has 2 aromatic rings. The zero-order valence-corrected chi connectivity index (χ0v) is 19.6. The number of ether oxygens (including phenoxy) is 4. The van der Waals surface area contributed by atoms with E-state index in [1.807, 2.05) is 47.4 Å². The summed E-state index contributed by atoms with van der Waals surface area (Å²) in [7, 11) is 6.31. The van der Waals surface area contributed by atoms with Crippen LogP contribution in [0.3, 0.4) is 0 Å². The molecule has 0 unspecified atom stereocenters. The van der Waals surface area contributed by atoms with Crippen molar-refractivity contribution >= 4 is 23.7 Å². The SMILES string of the molecule is COc1ccc(/C=C/c2cc(OC)c(OC)c(OC)c2)cc1NC(=O)C1CCN(CO)CC1. The number of carbonyl (C=O) groups excluding carboxylic acids is 1. The predicted molar refractivity (Wildman–Crippen MR) is 128 cm³/mol. The van der Waals surface area contributed by atoms with Crippen LogP contribution in [0.1, 0.15) is 24.0 Å². The second kappa shape index (κ2) is 11.6. The molecule has 1 amide bonds. The van der Waals surface area contributed by atoms with E-state index in [1.54, 1.807) is 28.4 Å². The second-order valence-electron chi connectivity index (χ2n) is 7.77. The number of anilines is 1. The highest BCUT2D eigenvalue weighted by molar-refractivity contribution is 5.94. The number of aliphatic hydroxyl groups excluding tert-OH is 1. The first kappa shape index (κ1) is 24.4. The average molecular weight is 457 g/mol. The molecule has 0 aromatic heterocycles. The number of carbonyl (C=O) groups is 1. The van der Waals surface area contributed by atoms with Crippen molar-refractivity contribution in [1.29, 1.82) is 0 Å². The van der Waals surface area contributed by atoms with Gasteiger partial charge in [-0.15, -0.1) is 0 Å². The van der Waals surface area contributed by atoms with Crippen LogP contribution >= 0.6 is 0 Å². The minimum atomic E-state index is -0.0871. The van der Waals surface area contributed by atoms with E-state index < -0.39 is 0 Å². The van der Waals surface area contributed by atoms with Crippen LogP contribution in [0.15, 0.2) is 30.3 Å². The Kier molecular flexibility index (Phi) is 8.57. The van der Waals surface area contributed by atoms with E-state index in [0.29, 0.717) is 41.8 Å². The standard InChI is InChI=1S/C25H32N2O6/c1-30-21-8-7-17(5-6-18-14-22(31-2)24(33-4)23(15-18)32-3)13-20(21)26-25(29)19-9-11-27(16-28)12-10-19/h5-8,13-15,19,28H,9-12,16H2,1-4H3,(H,26,29)/b6-5+. The molecule has 8 heteroatoms. The zero-order chi connectivity index (χ0) is 23.8. The molecular weight excluding hydrogens is 424 g/mol. The predicted octanol–water partition coefficient (Wildman–Crippen LogP) is 3.49. The average Bonchev–Trinajstić information content (AvgIpc) is 2.86. The van der Waals surface area contributed by atoms with Gasteiger partial charge >= 0.3 is 0 Å². The van der Waals surface area contributed by atoms with Gasteiger partial charge in [0.05, 0.1) is 40.9 Å². The van der Waals surface area contributed by atoms with Crippen molar-refractivity contribution in [3.63, 3.8) is 0 Å². The molecule has 2 N–H and O–H groups in total. The van der Waals surface area contributed by atoms with E-state index in [2.05, 4.69) is 5.32 Å². The van der Waals surface area contributed by atoms with E-state index in [1.165, 1.54) is 0 Å². The summed E-state index contributed by atoms with van der Waals surface area (Å²) in [6, 6.07) is 9.36. The molecule has 33 heavy (non-hydrogen) atoms. The number of likely N-dealkylation sites (tertiary alicyclic amines) is 1. The van der Waals surface area contributed by atoms with Crippen molar-refractivity contribution in [3.8, 4) is 23.0 Å². The molecule has 3 rings (SSSR count). The Labute approximate surface area is 194 Å². The highest BCUT2D eigenvalue weighted by atomic mass is 16.5. The van der Waals surface area contributed by atoms with E-state index in [-0.39, 0.29) is 18.6 Å². The van der Waals surface area contributed by atoms with Gasteiger partial charge in [0, 0.05) is 19.0 Å². The van der Waals surface area contributed by atoms with Gasteiger partial charge in [0.2, 0.25) is 11.7 Å². The molecule has 1 aliphatic rings. The maximum atomic E-state index is 12.8. The Bertz CT molecular complexity index is 958. The number of amides is 1. The van der Waals surface area contributed by atoms with Crippen LogP contribution in [-0.4, -0.2) is 64.2 Å². The Hall–Kier alpha value is -3.23. The molecular formula is C25H32N2O6. The lowest BCUT2D eigenvalue weighted by molar-refractivity contribution is -0.121. The van der Waals surface area contributed by atoms with E-state index >= 15 is 0 Å². The maximum Gasteiger partial charge on any atom is 0.227 e. The number of hydrogen-bond donors (Lipinski definition) is 2. The van der Waals surface area contributed by atoms with Crippen LogP contribution in [0.5, 0.6) is 23.0 Å². The summed E-state index contributed by atoms with van der Waals surface area (Å²) < 4.78 is 21.7. The summed E-state index contributed by atoms with van der Waals surface area (Å²) in [5, 5.41) is 12.3. The zero-order valence-electron chi connectivity index (χ0n) is 19.6. The molecule has 1 heterocycles. The third kappa shape index (κ3) is 5.97. The molecule has 0 atom stereocenters. The smallest absolute Gasteiger partial charge is 0.227 e. The number of aliphatic hydroxyl groups is 1. The number of piperidine rings is 1. The fourth-order valence-electron chi connectivity index (χ4n) is 3.89. The lowest BCUT2D eigenvalue weighted by atomic mass is 9.96. The summed E-state index contributed by atoms with van der Waals surface area (Å²) in [5.74, 6) is 2.17. The van der Waals surface area contributed by atoms with Crippen LogP contribution in [0.2, 0.25) is 0 Å². The Balaban J connectivity index is 1.78. The lowest BCUT2D eigenvalue weighted by Crippen LogP contribution is -2.38. The van der Waals surface area contributed by atoms with Crippen molar-refractivity contribution in [1.82, 2.24) is 4.90 Å². The molecule has 0 saturated carbocycles. The van der Waals surface area contributed by atoms with Gasteiger partial charge in [0.1, 0.15) is 5.75 Å². The monoisotopic (exact) mass is 456 g/mol. The van der Waals surface area contributed by atoms with Gasteiger partial charge in [0.15, 0.2) is 11.5 Å². The van der Waals surface area contributed by atoms with Crippen molar-refractivity contribution in [2.45, 2.75) is 12.8 Å². The number of rotatable bonds is 9. The first-order chi connectivity index (χ1) is 16.0. The highest BCUT2D eigenvalue weighted by Gasteiger charge is 2.25. The number of hydrogen-bond acceptors (Lipinski definition) is 7. The fraction of sp³-hybridized carbons (Fsp3) is 0.400. The first-order valence-corrected chi connectivity index (χ1v) is 10.8. The summed E-state index contributed by atoms with van der Waals surface area (Å²) >= 11 is 0. The van der Waals surface area contributed by atoms with Gasteiger partial charge in [-0.05, 0) is 48.2 Å². The minimum absolute atomic E-state index is 0.0302. The van der Waals surface area contributed by atoms with Gasteiger partial charge in [0.25, 0.3) is 0 Å². The van der Waals surface area contributed by atoms with Gasteiger partial charge in [-0.25, -0.2) is 0 Å². The Morgan fingerprint density at radius 3 is 2.09 bits per heavy atom. The Morgan fingerprint density at radius 2 is 1.55 bits per heavy atom. The molecule has 8 nitrogen and oxygen atoms in total. The molecule has 2 aromatic carbocycles. The van der Waals surface area contributed by atoms with Crippen molar-refractivity contribution in [3.05, 3.63) is 41.5 Å². The third-order valence-corrected chi connectivity index (χ3v) is 5.80. The third-order valence-electron chi connectivity index (χ3n) is 5.80. The van der Waals surface area contributed by atoms with Gasteiger partial charge in [-0.3, -0.25) is 9.69 Å². The van der Waals surface area contributed by atoms with E-state index in [4.69, 9.17) is 18.9 Å². The van der Waals surface area contributed by atoms with Gasteiger partial charge in [-0.1, -0.05) is 18.2 Å². The summed E-state index contributed by atoms with van der Waals surface area (Å²) in [4.78, 5) is 14.7. The number of benzene rings is 2. The molecule has 0 aliphatic carbocycles. The minimum Gasteiger partial charge on any atom is -0.495 e. The molecule has 1 saturated heterocycles. The van der Waals surface area contributed by atoms with Crippen molar-refractivity contribution in [2.24, 2.45) is 5.92 Å². The second-order valence-corrected chi connectivity index (χ2v) is 7.77. The van der Waals surface area contributed by atoms with Crippen LogP contribution in [-0.2, 0) is 4.79 Å². The molecule has 0 radical (unpaired) electrons. The van der Waals surface area contributed by atoms with Crippen LogP contribution in [0.25, 0.3) is 12.2 Å². The van der Waals surface area contributed by atoms with Crippen LogP contribution < -0.4 is 24.3 Å². The molecule has 0 spiro atoms. The highest BCUT2D eigenvalue weighted by Crippen LogP contribution is 2.38. The molecule has 0 bridgehead atoms. The van der Waals surface area contributed by atoms with Crippen LogP contribution in [0.4, 0.5) is 5.69 Å². The summed E-state index contributed by atoms with van der Waals surface area (Å²) in [6.45, 7) is 1.45. The maximum absolute atomic E-state index is 12.8.